The van der Waals surface area contributed by atoms with Crippen LogP contribution in [-0.4, -0.2) is 23.0 Å². The molecule has 0 saturated heterocycles. The highest BCUT2D eigenvalue weighted by Gasteiger charge is 2.21. The molecule has 3 aromatic rings. The van der Waals surface area contributed by atoms with Gasteiger partial charge in [-0.15, -0.1) is 0 Å². The summed E-state index contributed by atoms with van der Waals surface area (Å²) in [6.45, 7) is 0. The van der Waals surface area contributed by atoms with Crippen molar-refractivity contribution in [3.63, 3.8) is 0 Å². The van der Waals surface area contributed by atoms with Crippen molar-refractivity contribution in [2.75, 3.05) is 7.11 Å². The van der Waals surface area contributed by atoms with Gasteiger partial charge in [-0.2, -0.15) is 0 Å². The van der Waals surface area contributed by atoms with E-state index in [4.69, 9.17) is 4.74 Å². The van der Waals surface area contributed by atoms with Crippen molar-refractivity contribution in [3.05, 3.63) is 80.5 Å². The number of halogens is 1. The van der Waals surface area contributed by atoms with E-state index in [9.17, 15) is 9.59 Å². The summed E-state index contributed by atoms with van der Waals surface area (Å²) in [5.41, 5.74) is 1.96. The Bertz CT molecular complexity index is 945. The SMILES string of the molecule is COc1ccc(CC(CC(=O)Cc2ccc(Br)cc2)c2noc(=O)[nH]2)cc1. The minimum atomic E-state index is -0.620. The van der Waals surface area contributed by atoms with E-state index in [-0.39, 0.29) is 18.1 Å². The fourth-order valence-electron chi connectivity index (χ4n) is 2.91. The first-order chi connectivity index (χ1) is 13.0. The van der Waals surface area contributed by atoms with E-state index in [1.807, 2.05) is 48.5 Å². The normalized spacial score (nSPS) is 11.9. The molecule has 1 N–H and O–H groups in total. The molecule has 0 spiro atoms. The monoisotopic (exact) mass is 430 g/mol. The Morgan fingerprint density at radius 2 is 1.81 bits per heavy atom. The van der Waals surface area contributed by atoms with Crippen LogP contribution in [0.1, 0.15) is 29.3 Å². The van der Waals surface area contributed by atoms with Crippen molar-refractivity contribution in [2.24, 2.45) is 0 Å². The summed E-state index contributed by atoms with van der Waals surface area (Å²) in [6, 6.07) is 15.2. The van der Waals surface area contributed by atoms with Crippen molar-refractivity contribution in [1.29, 1.82) is 0 Å². The number of nitrogens with zero attached hydrogens (tertiary/aromatic N) is 1. The Kier molecular flexibility index (Phi) is 6.24. The fourth-order valence-corrected chi connectivity index (χ4v) is 3.17. The van der Waals surface area contributed by atoms with E-state index in [1.165, 1.54) is 0 Å². The van der Waals surface area contributed by atoms with E-state index in [2.05, 4.69) is 30.6 Å². The molecule has 0 amide bonds. The van der Waals surface area contributed by atoms with Gasteiger partial charge >= 0.3 is 5.76 Å². The third kappa shape index (κ3) is 5.40. The van der Waals surface area contributed by atoms with E-state index in [0.717, 1.165) is 21.3 Å². The molecular formula is C20H19BrN2O4. The molecular weight excluding hydrogens is 412 g/mol. The topological polar surface area (TPSA) is 85.2 Å². The average Bonchev–Trinajstić information content (AvgIpc) is 3.10. The lowest BCUT2D eigenvalue weighted by Gasteiger charge is -2.13. The van der Waals surface area contributed by atoms with Crippen LogP contribution >= 0.6 is 15.9 Å². The minimum Gasteiger partial charge on any atom is -0.497 e. The molecule has 0 bridgehead atoms. The molecule has 0 radical (unpaired) electrons. The zero-order valence-electron chi connectivity index (χ0n) is 14.8. The van der Waals surface area contributed by atoms with Gasteiger partial charge in [-0.25, -0.2) is 4.79 Å². The summed E-state index contributed by atoms with van der Waals surface area (Å²) in [7, 11) is 1.61. The molecule has 0 saturated carbocycles. The number of carbonyl (C=O) groups is 1. The molecule has 7 heteroatoms. The average molecular weight is 431 g/mol. The van der Waals surface area contributed by atoms with E-state index >= 15 is 0 Å². The summed E-state index contributed by atoms with van der Waals surface area (Å²) < 4.78 is 10.8. The van der Waals surface area contributed by atoms with Gasteiger partial charge in [0.2, 0.25) is 0 Å². The largest absolute Gasteiger partial charge is 0.497 e. The number of benzene rings is 2. The van der Waals surface area contributed by atoms with Gasteiger partial charge < -0.3 is 4.74 Å². The molecule has 1 heterocycles. The highest BCUT2D eigenvalue weighted by atomic mass is 79.9. The quantitative estimate of drug-likeness (QED) is 0.589. The lowest BCUT2D eigenvalue weighted by atomic mass is 9.91. The van der Waals surface area contributed by atoms with Crippen LogP contribution in [0.4, 0.5) is 0 Å². The Labute approximate surface area is 164 Å². The van der Waals surface area contributed by atoms with Gasteiger partial charge in [0.1, 0.15) is 11.5 Å². The number of ketones is 1. The Morgan fingerprint density at radius 1 is 1.15 bits per heavy atom. The first-order valence-electron chi connectivity index (χ1n) is 8.48. The van der Waals surface area contributed by atoms with Crippen molar-refractivity contribution >= 4 is 21.7 Å². The first-order valence-corrected chi connectivity index (χ1v) is 9.28. The van der Waals surface area contributed by atoms with Gasteiger partial charge in [0.25, 0.3) is 0 Å². The number of ether oxygens (including phenoxy) is 1. The van der Waals surface area contributed by atoms with Gasteiger partial charge in [-0.1, -0.05) is 45.4 Å². The second kappa shape index (κ2) is 8.81. The van der Waals surface area contributed by atoms with E-state index in [1.54, 1.807) is 7.11 Å². The predicted molar refractivity (Wildman–Crippen MR) is 104 cm³/mol. The number of H-pyrrole nitrogens is 1. The third-order valence-corrected chi connectivity index (χ3v) is 4.80. The zero-order chi connectivity index (χ0) is 19.2. The number of methoxy groups -OCH3 is 1. The van der Waals surface area contributed by atoms with Gasteiger partial charge in [0.05, 0.1) is 7.11 Å². The summed E-state index contributed by atoms with van der Waals surface area (Å²) >= 11 is 3.39. The summed E-state index contributed by atoms with van der Waals surface area (Å²) in [6.07, 6.45) is 1.14. The van der Waals surface area contributed by atoms with Gasteiger partial charge in [0.15, 0.2) is 5.82 Å². The number of aromatic amines is 1. The van der Waals surface area contributed by atoms with Crippen LogP contribution in [0.25, 0.3) is 0 Å². The number of nitrogens with one attached hydrogen (secondary N) is 1. The van der Waals surface area contributed by atoms with Crippen LogP contribution in [0.2, 0.25) is 0 Å². The van der Waals surface area contributed by atoms with Crippen LogP contribution in [-0.2, 0) is 17.6 Å². The standard InChI is InChI=1S/C20H19BrN2O4/c1-26-18-8-4-13(5-9-18)10-15(19-22-20(25)27-23-19)12-17(24)11-14-2-6-16(21)7-3-14/h2-9,15H,10-12H2,1H3,(H,22,23,25). The van der Waals surface area contributed by atoms with Gasteiger partial charge in [0, 0.05) is 23.2 Å². The number of carbonyl (C=O) groups excluding carboxylic acids is 1. The van der Waals surface area contributed by atoms with Gasteiger partial charge in [-0.05, 0) is 41.8 Å². The van der Waals surface area contributed by atoms with Crippen LogP contribution in [0.5, 0.6) is 5.75 Å². The van der Waals surface area contributed by atoms with E-state index in [0.29, 0.717) is 18.7 Å². The fraction of sp³-hybridized carbons (Fsp3) is 0.250. The molecule has 2 aromatic carbocycles. The lowest BCUT2D eigenvalue weighted by molar-refractivity contribution is -0.118. The molecule has 1 aromatic heterocycles. The maximum atomic E-state index is 12.6. The molecule has 0 aliphatic heterocycles. The van der Waals surface area contributed by atoms with Crippen molar-refractivity contribution < 1.29 is 14.1 Å². The van der Waals surface area contributed by atoms with Crippen LogP contribution in [0.15, 0.2) is 62.3 Å². The predicted octanol–water partition coefficient (Wildman–Crippen LogP) is 3.66. The summed E-state index contributed by atoms with van der Waals surface area (Å²) in [5, 5.41) is 3.79. The second-order valence-electron chi connectivity index (χ2n) is 6.28. The molecule has 1 unspecified atom stereocenters. The van der Waals surface area contributed by atoms with Crippen LogP contribution < -0.4 is 10.5 Å². The van der Waals surface area contributed by atoms with Crippen molar-refractivity contribution in [1.82, 2.24) is 10.1 Å². The minimum absolute atomic E-state index is 0.0692. The number of rotatable bonds is 8. The molecule has 27 heavy (non-hydrogen) atoms. The molecule has 1 atom stereocenters. The third-order valence-electron chi connectivity index (χ3n) is 4.27. The Balaban J connectivity index is 1.74. The lowest BCUT2D eigenvalue weighted by Crippen LogP contribution is -2.14. The number of Topliss-reactive ketones (excluding diaryl/α,β-unsaturated/α-hetero) is 1. The highest BCUT2D eigenvalue weighted by Crippen LogP contribution is 2.24. The Morgan fingerprint density at radius 3 is 2.41 bits per heavy atom. The number of hydrogen-bond acceptors (Lipinski definition) is 5. The molecule has 0 fully saturated rings. The maximum Gasteiger partial charge on any atom is 0.438 e. The zero-order valence-corrected chi connectivity index (χ0v) is 16.4. The van der Waals surface area contributed by atoms with Crippen molar-refractivity contribution in [3.8, 4) is 5.75 Å². The molecule has 6 nitrogen and oxygen atoms in total. The number of aromatic nitrogens is 2. The second-order valence-corrected chi connectivity index (χ2v) is 7.19. The molecule has 3 rings (SSSR count). The van der Waals surface area contributed by atoms with Crippen molar-refractivity contribution in [2.45, 2.75) is 25.2 Å². The maximum absolute atomic E-state index is 12.6. The van der Waals surface area contributed by atoms with E-state index < -0.39 is 5.76 Å². The highest BCUT2D eigenvalue weighted by molar-refractivity contribution is 9.10. The van der Waals surface area contributed by atoms with Crippen LogP contribution in [0.3, 0.4) is 0 Å². The smallest absolute Gasteiger partial charge is 0.438 e. The molecule has 0 aliphatic carbocycles. The first kappa shape index (κ1) is 19.1. The van der Waals surface area contributed by atoms with Crippen LogP contribution in [0, 0.1) is 0 Å². The summed E-state index contributed by atoms with van der Waals surface area (Å²) in [5.74, 6) is 0.328. The van der Waals surface area contributed by atoms with Gasteiger partial charge in [-0.3, -0.25) is 14.3 Å². The Hall–Kier alpha value is -2.67. The molecule has 0 aliphatic rings. The molecule has 140 valence electrons. The number of hydrogen-bond donors (Lipinski definition) is 1. The summed E-state index contributed by atoms with van der Waals surface area (Å²) in [4.78, 5) is 26.5.